The Bertz CT molecular complexity index is 1490. The van der Waals surface area contributed by atoms with E-state index in [0.29, 0.717) is 31.9 Å². The number of rotatable bonds is 7. The summed E-state index contributed by atoms with van der Waals surface area (Å²) in [5.41, 5.74) is 1.45. The summed E-state index contributed by atoms with van der Waals surface area (Å²) in [6.45, 7) is 2.03. The molecule has 1 N–H and O–H groups in total. The number of phenols is 1. The van der Waals surface area contributed by atoms with Crippen molar-refractivity contribution in [2.45, 2.75) is 13.0 Å². The van der Waals surface area contributed by atoms with Gasteiger partial charge in [-0.1, -0.05) is 45.5 Å². The van der Waals surface area contributed by atoms with Crippen LogP contribution in [0.25, 0.3) is 6.08 Å². The third kappa shape index (κ3) is 4.95. The fourth-order valence-corrected chi connectivity index (χ4v) is 5.26. The van der Waals surface area contributed by atoms with Crippen LogP contribution in [-0.2, 0) is 14.3 Å². The number of esters is 1. The van der Waals surface area contributed by atoms with Crippen molar-refractivity contribution in [3.63, 3.8) is 0 Å². The van der Waals surface area contributed by atoms with E-state index < -0.39 is 12.0 Å². The number of hydrogen-bond donors (Lipinski definition) is 1. The summed E-state index contributed by atoms with van der Waals surface area (Å²) >= 11 is 4.57. The van der Waals surface area contributed by atoms with Crippen molar-refractivity contribution in [3.8, 4) is 11.5 Å². The standard InChI is InChI=1S/C25H23BrN2O6S/c1-14-21(24(31)34-11-10-32-2)22(17-6-4-5-7-19(17)33-3)28-23(30)20(35-25(28)27-14)13-15-12-16(26)8-9-18(15)29/h4-9,12-13,22,29H,10-11H2,1-3H3. The summed E-state index contributed by atoms with van der Waals surface area (Å²) in [6.07, 6.45) is 1.61. The van der Waals surface area contributed by atoms with Crippen LogP contribution in [0.3, 0.4) is 0 Å². The molecule has 182 valence electrons. The van der Waals surface area contributed by atoms with Crippen LogP contribution in [0, 0.1) is 0 Å². The van der Waals surface area contributed by atoms with Gasteiger partial charge in [0.2, 0.25) is 0 Å². The van der Waals surface area contributed by atoms with Crippen LogP contribution < -0.4 is 19.6 Å². The Morgan fingerprint density at radius 2 is 2.00 bits per heavy atom. The van der Waals surface area contributed by atoms with Crippen molar-refractivity contribution < 1.29 is 24.1 Å². The zero-order chi connectivity index (χ0) is 25.1. The number of halogens is 1. The summed E-state index contributed by atoms with van der Waals surface area (Å²) in [5.74, 6) is -0.0226. The molecule has 1 aliphatic rings. The number of ether oxygens (including phenoxy) is 3. The number of aromatic nitrogens is 1. The highest BCUT2D eigenvalue weighted by atomic mass is 79.9. The van der Waals surface area contributed by atoms with Gasteiger partial charge in [0.15, 0.2) is 4.80 Å². The zero-order valence-corrected chi connectivity index (χ0v) is 21.7. The van der Waals surface area contributed by atoms with Gasteiger partial charge in [0.1, 0.15) is 24.1 Å². The molecule has 0 radical (unpaired) electrons. The summed E-state index contributed by atoms with van der Waals surface area (Å²) in [7, 11) is 3.05. The fraction of sp³-hybridized carbons (Fsp3) is 0.240. The molecule has 3 aromatic rings. The molecule has 0 fully saturated rings. The van der Waals surface area contributed by atoms with E-state index in [2.05, 4.69) is 20.9 Å². The molecule has 0 bridgehead atoms. The van der Waals surface area contributed by atoms with Gasteiger partial charge >= 0.3 is 5.97 Å². The van der Waals surface area contributed by atoms with E-state index in [1.165, 1.54) is 30.1 Å². The zero-order valence-electron chi connectivity index (χ0n) is 19.3. The minimum atomic E-state index is -0.810. The van der Waals surface area contributed by atoms with Gasteiger partial charge in [-0.2, -0.15) is 0 Å². The number of fused-ring (bicyclic) bond motifs is 1. The molecule has 1 atom stereocenters. The Kier molecular flexibility index (Phi) is 7.54. The van der Waals surface area contributed by atoms with E-state index in [9.17, 15) is 14.7 Å². The van der Waals surface area contributed by atoms with Gasteiger partial charge in [-0.25, -0.2) is 9.79 Å². The smallest absolute Gasteiger partial charge is 0.338 e. The number of allylic oxidation sites excluding steroid dienone is 1. The number of thiazole rings is 1. The van der Waals surface area contributed by atoms with E-state index in [-0.39, 0.29) is 30.1 Å². The Hall–Kier alpha value is -3.21. The van der Waals surface area contributed by atoms with Crippen LogP contribution in [0.1, 0.15) is 24.1 Å². The summed E-state index contributed by atoms with van der Waals surface area (Å²) in [4.78, 5) is 31.9. The van der Waals surface area contributed by atoms with Gasteiger partial charge in [-0.15, -0.1) is 0 Å². The molecule has 0 amide bonds. The lowest BCUT2D eigenvalue weighted by Gasteiger charge is -2.26. The van der Waals surface area contributed by atoms with Crippen LogP contribution in [-0.4, -0.2) is 43.1 Å². The highest BCUT2D eigenvalue weighted by molar-refractivity contribution is 9.10. The van der Waals surface area contributed by atoms with Crippen molar-refractivity contribution in [2.24, 2.45) is 4.99 Å². The largest absolute Gasteiger partial charge is 0.507 e. The van der Waals surface area contributed by atoms with Crippen molar-refractivity contribution in [3.05, 3.63) is 89.0 Å². The van der Waals surface area contributed by atoms with E-state index in [0.717, 1.165) is 4.47 Å². The average molecular weight is 559 g/mol. The molecular formula is C25H23BrN2O6S. The number of phenolic OH excluding ortho intramolecular Hbond substituents is 1. The molecule has 10 heteroatoms. The van der Waals surface area contributed by atoms with Crippen LogP contribution in [0.4, 0.5) is 0 Å². The third-order valence-electron chi connectivity index (χ3n) is 5.47. The second kappa shape index (κ2) is 10.6. The molecule has 1 aromatic heterocycles. The molecule has 1 unspecified atom stereocenters. The lowest BCUT2D eigenvalue weighted by Crippen LogP contribution is -2.40. The minimum Gasteiger partial charge on any atom is -0.507 e. The van der Waals surface area contributed by atoms with E-state index in [1.54, 1.807) is 37.3 Å². The molecule has 2 aromatic carbocycles. The van der Waals surface area contributed by atoms with Crippen LogP contribution in [0.5, 0.6) is 11.5 Å². The molecule has 0 spiro atoms. The topological polar surface area (TPSA) is 99.4 Å². The third-order valence-corrected chi connectivity index (χ3v) is 6.95. The van der Waals surface area contributed by atoms with Gasteiger partial charge in [-0.05, 0) is 37.3 Å². The van der Waals surface area contributed by atoms with Gasteiger partial charge < -0.3 is 19.3 Å². The molecule has 4 rings (SSSR count). The molecule has 8 nitrogen and oxygen atoms in total. The molecule has 35 heavy (non-hydrogen) atoms. The lowest BCUT2D eigenvalue weighted by atomic mass is 9.95. The highest BCUT2D eigenvalue weighted by Crippen LogP contribution is 2.35. The van der Waals surface area contributed by atoms with Crippen molar-refractivity contribution in [1.82, 2.24) is 4.57 Å². The quantitative estimate of drug-likeness (QED) is 0.353. The maximum Gasteiger partial charge on any atom is 0.338 e. The van der Waals surface area contributed by atoms with Crippen LogP contribution >= 0.6 is 27.3 Å². The normalized spacial score (nSPS) is 15.5. The number of hydrogen-bond acceptors (Lipinski definition) is 8. The Labute approximate surface area is 213 Å². The van der Waals surface area contributed by atoms with E-state index >= 15 is 0 Å². The van der Waals surface area contributed by atoms with Gasteiger partial charge in [0.25, 0.3) is 5.56 Å². The molecule has 2 heterocycles. The van der Waals surface area contributed by atoms with Crippen molar-refractivity contribution in [2.75, 3.05) is 27.4 Å². The van der Waals surface area contributed by atoms with Crippen molar-refractivity contribution >= 4 is 39.3 Å². The first-order valence-electron chi connectivity index (χ1n) is 10.7. The second-order valence-corrected chi connectivity index (χ2v) is 9.58. The fourth-order valence-electron chi connectivity index (χ4n) is 3.85. The number of carbonyl (C=O) groups is 1. The first-order chi connectivity index (χ1) is 16.8. The number of benzene rings is 2. The van der Waals surface area contributed by atoms with Crippen LogP contribution in [0.2, 0.25) is 0 Å². The summed E-state index contributed by atoms with van der Waals surface area (Å²) in [6, 6.07) is 11.4. The van der Waals surface area contributed by atoms with Gasteiger partial charge in [-0.3, -0.25) is 9.36 Å². The molecule has 0 saturated heterocycles. The minimum absolute atomic E-state index is 0.0407. The van der Waals surface area contributed by atoms with E-state index in [1.807, 2.05) is 18.2 Å². The van der Waals surface area contributed by atoms with Crippen molar-refractivity contribution in [1.29, 1.82) is 0 Å². The second-order valence-electron chi connectivity index (χ2n) is 7.66. The number of carbonyl (C=O) groups excluding carboxylic acids is 1. The predicted molar refractivity (Wildman–Crippen MR) is 135 cm³/mol. The maximum absolute atomic E-state index is 13.7. The number of para-hydroxylation sites is 1. The Morgan fingerprint density at radius 3 is 2.74 bits per heavy atom. The van der Waals surface area contributed by atoms with Gasteiger partial charge in [0.05, 0.1) is 29.5 Å². The first kappa shape index (κ1) is 24.9. The van der Waals surface area contributed by atoms with Gasteiger partial charge in [0, 0.05) is 22.7 Å². The first-order valence-corrected chi connectivity index (χ1v) is 12.3. The van der Waals surface area contributed by atoms with Crippen LogP contribution in [0.15, 0.2) is 68.0 Å². The SMILES string of the molecule is COCCOC(=O)C1=C(C)N=c2sc(=Cc3cc(Br)ccc3O)c(=O)n2C1c1ccccc1OC. The number of aromatic hydroxyl groups is 1. The number of methoxy groups -OCH3 is 2. The molecule has 1 aliphatic heterocycles. The lowest BCUT2D eigenvalue weighted by molar-refractivity contribution is -0.140. The highest BCUT2D eigenvalue weighted by Gasteiger charge is 2.35. The number of nitrogens with zero attached hydrogens (tertiary/aromatic N) is 2. The molecular weight excluding hydrogens is 536 g/mol. The predicted octanol–water partition coefficient (Wildman–Crippen LogP) is 2.90. The maximum atomic E-state index is 13.7. The molecule has 0 saturated carbocycles. The Balaban J connectivity index is 1.94. The molecule has 0 aliphatic carbocycles. The van der Waals surface area contributed by atoms with E-state index in [4.69, 9.17) is 14.2 Å². The summed E-state index contributed by atoms with van der Waals surface area (Å²) in [5, 5.41) is 10.3. The average Bonchev–Trinajstić information content (AvgIpc) is 3.15. The summed E-state index contributed by atoms with van der Waals surface area (Å²) < 4.78 is 18.6. The Morgan fingerprint density at radius 1 is 1.23 bits per heavy atom. The monoisotopic (exact) mass is 558 g/mol.